The number of hydrogen-bond acceptors (Lipinski definition) is 5. The number of amides is 2. The molecule has 0 saturated carbocycles. The number of piperidine rings is 1. The van der Waals surface area contributed by atoms with Crippen molar-refractivity contribution in [2.45, 2.75) is 33.2 Å². The Morgan fingerprint density at radius 3 is 2.68 bits per heavy atom. The van der Waals surface area contributed by atoms with Gasteiger partial charge >= 0.3 is 0 Å². The molecule has 3 aromatic rings. The van der Waals surface area contributed by atoms with Gasteiger partial charge in [-0.3, -0.25) is 19.1 Å². The fourth-order valence-corrected chi connectivity index (χ4v) is 4.94. The molecule has 3 N–H and O–H groups in total. The van der Waals surface area contributed by atoms with E-state index in [2.05, 4.69) is 21.3 Å². The summed E-state index contributed by atoms with van der Waals surface area (Å²) < 4.78 is 2.01. The van der Waals surface area contributed by atoms with Crippen molar-refractivity contribution in [2.24, 2.45) is 11.7 Å². The maximum Gasteiger partial charge on any atom is 0.257 e. The summed E-state index contributed by atoms with van der Waals surface area (Å²) in [6.45, 7) is 6.41. The molecule has 8 heteroatoms. The molecule has 0 aliphatic carbocycles. The Morgan fingerprint density at radius 2 is 2.00 bits per heavy atom. The van der Waals surface area contributed by atoms with Gasteiger partial charge in [0.2, 0.25) is 5.91 Å². The van der Waals surface area contributed by atoms with Crippen LogP contribution in [-0.4, -0.2) is 39.4 Å². The molecule has 162 valence electrons. The van der Waals surface area contributed by atoms with Gasteiger partial charge in [-0.2, -0.15) is 0 Å². The minimum Gasteiger partial charge on any atom is -0.369 e. The number of carbonyl (C=O) groups excluding carboxylic acids is 2. The van der Waals surface area contributed by atoms with Crippen molar-refractivity contribution in [1.29, 1.82) is 0 Å². The highest BCUT2D eigenvalue weighted by Gasteiger charge is 2.23. The third kappa shape index (κ3) is 4.70. The lowest BCUT2D eigenvalue weighted by Crippen LogP contribution is -2.38. The van der Waals surface area contributed by atoms with Gasteiger partial charge < -0.3 is 11.1 Å². The van der Waals surface area contributed by atoms with Crippen LogP contribution in [0.25, 0.3) is 5.13 Å². The van der Waals surface area contributed by atoms with Crippen molar-refractivity contribution in [3.63, 3.8) is 0 Å². The molecule has 0 spiro atoms. The van der Waals surface area contributed by atoms with Crippen molar-refractivity contribution >= 4 is 28.8 Å². The molecule has 0 bridgehead atoms. The first kappa shape index (κ1) is 21.3. The smallest absolute Gasteiger partial charge is 0.257 e. The maximum atomic E-state index is 13.0. The van der Waals surface area contributed by atoms with E-state index in [1.165, 1.54) is 0 Å². The molecule has 4 rings (SSSR count). The van der Waals surface area contributed by atoms with Gasteiger partial charge in [0, 0.05) is 41.1 Å². The molecule has 1 fully saturated rings. The van der Waals surface area contributed by atoms with Gasteiger partial charge in [0.15, 0.2) is 5.13 Å². The van der Waals surface area contributed by atoms with Crippen LogP contribution in [0.3, 0.4) is 0 Å². The number of anilines is 1. The van der Waals surface area contributed by atoms with Crippen LogP contribution < -0.4 is 11.1 Å². The van der Waals surface area contributed by atoms with Gasteiger partial charge in [0.25, 0.3) is 5.91 Å². The van der Waals surface area contributed by atoms with E-state index >= 15 is 0 Å². The standard InChI is InChI=1S/C23H27N5O2S/c1-15-12-20(16(2)28(15)23-25-8-11-31-23)22(30)26-19-5-3-4-17(13-19)14-27-9-6-18(7-10-27)21(24)29/h3-5,8,11-13,18H,6-7,9-10,14H2,1-2H3,(H2,24,29)(H,26,30). The molecule has 7 nitrogen and oxygen atoms in total. The van der Waals surface area contributed by atoms with Gasteiger partial charge in [-0.25, -0.2) is 4.98 Å². The summed E-state index contributed by atoms with van der Waals surface area (Å²) in [5, 5.41) is 5.82. The molecule has 31 heavy (non-hydrogen) atoms. The summed E-state index contributed by atoms with van der Waals surface area (Å²) in [5.74, 6) is -0.334. The van der Waals surface area contributed by atoms with Gasteiger partial charge in [-0.05, 0) is 63.5 Å². The van der Waals surface area contributed by atoms with E-state index in [0.717, 1.165) is 60.2 Å². The number of likely N-dealkylation sites (tertiary alicyclic amines) is 1. The van der Waals surface area contributed by atoms with Gasteiger partial charge in [-0.15, -0.1) is 11.3 Å². The summed E-state index contributed by atoms with van der Waals surface area (Å²) >= 11 is 1.54. The molecule has 3 heterocycles. The highest BCUT2D eigenvalue weighted by atomic mass is 32.1. The van der Waals surface area contributed by atoms with E-state index in [-0.39, 0.29) is 17.7 Å². The molecule has 0 radical (unpaired) electrons. The van der Waals surface area contributed by atoms with Crippen LogP contribution in [0.5, 0.6) is 0 Å². The molecule has 1 aromatic carbocycles. The number of aromatic nitrogens is 2. The van der Waals surface area contributed by atoms with Crippen LogP contribution in [0.1, 0.15) is 40.2 Å². The van der Waals surface area contributed by atoms with E-state index in [0.29, 0.717) is 5.56 Å². The quantitative estimate of drug-likeness (QED) is 0.617. The van der Waals surface area contributed by atoms with Crippen molar-refractivity contribution in [3.05, 3.63) is 64.4 Å². The SMILES string of the molecule is Cc1cc(C(=O)Nc2cccc(CN3CCC(C(N)=O)CC3)c2)c(C)n1-c1nccs1. The summed E-state index contributed by atoms with van der Waals surface area (Å²) in [7, 11) is 0. The van der Waals surface area contributed by atoms with Crippen LogP contribution in [0, 0.1) is 19.8 Å². The average molecular weight is 438 g/mol. The molecule has 0 atom stereocenters. The Balaban J connectivity index is 1.43. The van der Waals surface area contributed by atoms with Crippen molar-refractivity contribution in [1.82, 2.24) is 14.5 Å². The van der Waals surface area contributed by atoms with Crippen molar-refractivity contribution in [3.8, 4) is 5.13 Å². The summed E-state index contributed by atoms with van der Waals surface area (Å²) in [6, 6.07) is 9.84. The second kappa shape index (κ2) is 9.03. The highest BCUT2D eigenvalue weighted by molar-refractivity contribution is 7.12. The molecule has 1 aliphatic heterocycles. The number of benzene rings is 1. The van der Waals surface area contributed by atoms with Gasteiger partial charge in [-0.1, -0.05) is 12.1 Å². The monoisotopic (exact) mass is 437 g/mol. The number of primary amides is 1. The number of hydrogen-bond donors (Lipinski definition) is 2. The zero-order valence-corrected chi connectivity index (χ0v) is 18.6. The fourth-order valence-electron chi connectivity index (χ4n) is 4.19. The lowest BCUT2D eigenvalue weighted by Gasteiger charge is -2.30. The minimum atomic E-state index is -0.196. The summed E-state index contributed by atoms with van der Waals surface area (Å²) in [4.78, 5) is 31.0. The average Bonchev–Trinajstić information content (AvgIpc) is 3.36. The molecule has 1 aliphatic rings. The van der Waals surface area contributed by atoms with E-state index in [9.17, 15) is 9.59 Å². The largest absolute Gasteiger partial charge is 0.369 e. The van der Waals surface area contributed by atoms with E-state index in [4.69, 9.17) is 5.73 Å². The number of nitrogens with zero attached hydrogens (tertiary/aromatic N) is 3. The number of aryl methyl sites for hydroxylation is 1. The van der Waals surface area contributed by atoms with Crippen LogP contribution in [0.15, 0.2) is 41.9 Å². The second-order valence-electron chi connectivity index (χ2n) is 8.04. The van der Waals surface area contributed by atoms with Crippen molar-refractivity contribution in [2.75, 3.05) is 18.4 Å². The molecule has 0 unspecified atom stereocenters. The Labute approximate surface area is 185 Å². The first-order valence-corrected chi connectivity index (χ1v) is 11.3. The number of nitrogens with one attached hydrogen (secondary N) is 1. The summed E-state index contributed by atoms with van der Waals surface area (Å²) in [6.07, 6.45) is 3.38. The van der Waals surface area contributed by atoms with Crippen LogP contribution in [-0.2, 0) is 11.3 Å². The maximum absolute atomic E-state index is 13.0. The first-order chi connectivity index (χ1) is 14.9. The van der Waals surface area contributed by atoms with E-state index < -0.39 is 0 Å². The number of rotatable bonds is 6. The summed E-state index contributed by atoms with van der Waals surface area (Å²) in [5.41, 5.74) is 9.82. The molecular formula is C23H27N5O2S. The highest BCUT2D eigenvalue weighted by Crippen LogP contribution is 2.24. The third-order valence-electron chi connectivity index (χ3n) is 5.87. The Kier molecular flexibility index (Phi) is 6.20. The molecule has 2 aromatic heterocycles. The lowest BCUT2D eigenvalue weighted by atomic mass is 9.96. The molecule has 1 saturated heterocycles. The predicted molar refractivity (Wildman–Crippen MR) is 123 cm³/mol. The minimum absolute atomic E-state index is 0.00903. The van der Waals surface area contributed by atoms with Crippen LogP contribution in [0.4, 0.5) is 5.69 Å². The zero-order valence-electron chi connectivity index (χ0n) is 17.8. The van der Waals surface area contributed by atoms with E-state index in [1.54, 1.807) is 17.5 Å². The molecule has 2 amide bonds. The van der Waals surface area contributed by atoms with Gasteiger partial charge in [0.1, 0.15) is 0 Å². The van der Waals surface area contributed by atoms with Crippen LogP contribution in [0.2, 0.25) is 0 Å². The number of thiazole rings is 1. The topological polar surface area (TPSA) is 93.3 Å². The first-order valence-electron chi connectivity index (χ1n) is 10.4. The van der Waals surface area contributed by atoms with Crippen molar-refractivity contribution < 1.29 is 9.59 Å². The van der Waals surface area contributed by atoms with E-state index in [1.807, 2.05) is 48.1 Å². The molecular weight excluding hydrogens is 410 g/mol. The zero-order chi connectivity index (χ0) is 22.0. The Hall–Kier alpha value is -2.97. The predicted octanol–water partition coefficient (Wildman–Crippen LogP) is 3.50. The fraction of sp³-hybridized carbons (Fsp3) is 0.348. The normalized spacial score (nSPS) is 15.2. The van der Waals surface area contributed by atoms with Gasteiger partial charge in [0.05, 0.1) is 5.56 Å². The lowest BCUT2D eigenvalue weighted by molar-refractivity contribution is -0.123. The number of carbonyl (C=O) groups is 2. The number of nitrogens with two attached hydrogens (primary N) is 1. The Bertz CT molecular complexity index is 1080. The Morgan fingerprint density at radius 1 is 1.23 bits per heavy atom. The third-order valence-corrected chi connectivity index (χ3v) is 6.62. The second-order valence-corrected chi connectivity index (χ2v) is 8.92. The van der Waals surface area contributed by atoms with Crippen LogP contribution >= 0.6 is 11.3 Å².